The van der Waals surface area contributed by atoms with Gasteiger partial charge in [0.25, 0.3) is 0 Å². The number of hydrogen-bond donors (Lipinski definition) is 2. The summed E-state index contributed by atoms with van der Waals surface area (Å²) in [7, 11) is 0. The van der Waals surface area contributed by atoms with Crippen LogP contribution in [0.15, 0.2) is 36.4 Å². The van der Waals surface area contributed by atoms with Crippen LogP contribution in [-0.4, -0.2) is 29.1 Å². The van der Waals surface area contributed by atoms with Gasteiger partial charge in [-0.05, 0) is 81.1 Å². The Labute approximate surface area is 187 Å². The van der Waals surface area contributed by atoms with Gasteiger partial charge in [-0.15, -0.1) is 0 Å². The van der Waals surface area contributed by atoms with Gasteiger partial charge in [-0.25, -0.2) is 4.79 Å². The molecular weight excluding hydrogens is 423 g/mol. The molecule has 1 aliphatic rings. The first-order chi connectivity index (χ1) is 13.9. The van der Waals surface area contributed by atoms with E-state index in [1.54, 1.807) is 36.1 Å². The Morgan fingerprint density at radius 3 is 2.37 bits per heavy atom. The van der Waals surface area contributed by atoms with Crippen LogP contribution in [0.3, 0.4) is 0 Å². The number of nitrogens with one attached hydrogen (secondary N) is 1. The van der Waals surface area contributed by atoms with Gasteiger partial charge in [-0.3, -0.25) is 4.90 Å². The fourth-order valence-electron chi connectivity index (χ4n) is 3.51. The zero-order valence-corrected chi connectivity index (χ0v) is 19.1. The summed E-state index contributed by atoms with van der Waals surface area (Å²) >= 11 is 12.1. The molecular formula is C23H26Cl2N2O3. The van der Waals surface area contributed by atoms with Gasteiger partial charge in [0.05, 0.1) is 11.3 Å². The zero-order valence-electron chi connectivity index (χ0n) is 17.6. The molecule has 0 fully saturated rings. The van der Waals surface area contributed by atoms with E-state index in [4.69, 9.17) is 33.3 Å². The van der Waals surface area contributed by atoms with Crippen molar-refractivity contribution in [2.45, 2.75) is 51.7 Å². The Morgan fingerprint density at radius 2 is 1.77 bits per heavy atom. The summed E-state index contributed by atoms with van der Waals surface area (Å²) in [6.45, 7) is 7.70. The van der Waals surface area contributed by atoms with E-state index in [0.29, 0.717) is 34.1 Å². The fourth-order valence-corrected chi connectivity index (χ4v) is 4.04. The first-order valence-electron chi connectivity index (χ1n) is 9.76. The Bertz CT molecular complexity index is 976. The molecule has 0 radical (unpaired) electrons. The molecule has 0 aromatic heterocycles. The molecule has 0 saturated carbocycles. The van der Waals surface area contributed by atoms with Crippen LogP contribution in [-0.2, 0) is 16.8 Å². The highest BCUT2D eigenvalue weighted by Gasteiger charge is 2.30. The number of hydrogen-bond acceptors (Lipinski definition) is 4. The van der Waals surface area contributed by atoms with Gasteiger partial charge >= 0.3 is 6.09 Å². The van der Waals surface area contributed by atoms with E-state index in [0.717, 1.165) is 11.3 Å². The van der Waals surface area contributed by atoms with Crippen molar-refractivity contribution in [2.24, 2.45) is 0 Å². The van der Waals surface area contributed by atoms with E-state index in [9.17, 15) is 9.90 Å². The van der Waals surface area contributed by atoms with E-state index in [-0.39, 0.29) is 18.2 Å². The summed E-state index contributed by atoms with van der Waals surface area (Å²) in [4.78, 5) is 14.1. The van der Waals surface area contributed by atoms with Crippen LogP contribution in [0, 0.1) is 5.41 Å². The molecule has 3 rings (SSSR count). The summed E-state index contributed by atoms with van der Waals surface area (Å²) in [5.41, 5.74) is 1.47. The maximum atomic E-state index is 12.4. The molecule has 2 aromatic rings. The number of rotatable bonds is 4. The Morgan fingerprint density at radius 1 is 1.13 bits per heavy atom. The molecule has 1 aliphatic heterocycles. The quantitative estimate of drug-likeness (QED) is 0.566. The van der Waals surface area contributed by atoms with Crippen LogP contribution in [0.1, 0.15) is 50.8 Å². The van der Waals surface area contributed by atoms with Crippen LogP contribution in [0.25, 0.3) is 0 Å². The van der Waals surface area contributed by atoms with Crippen LogP contribution < -0.4 is 4.90 Å². The summed E-state index contributed by atoms with van der Waals surface area (Å²) < 4.78 is 5.48. The first-order valence-corrected chi connectivity index (χ1v) is 10.5. The van der Waals surface area contributed by atoms with Crippen LogP contribution in [0.2, 0.25) is 10.0 Å². The van der Waals surface area contributed by atoms with Gasteiger partial charge in [0, 0.05) is 28.7 Å². The lowest BCUT2D eigenvalue weighted by Gasteiger charge is -2.25. The SMILES string of the molecule is CC(C)(C)OC(=O)N1CCc2cc(C(=N)CC(C)(O)c3cc(Cl)cc(Cl)c3)ccc21. The number of fused-ring (bicyclic) bond motifs is 1. The van der Waals surface area contributed by atoms with Gasteiger partial charge in [-0.1, -0.05) is 29.3 Å². The van der Waals surface area contributed by atoms with E-state index in [2.05, 4.69) is 0 Å². The minimum absolute atomic E-state index is 0.0955. The molecule has 1 atom stereocenters. The standard InChI is InChI=1S/C23H26Cl2N2O3/c1-22(2,3)30-21(28)27-8-7-15-9-14(5-6-20(15)27)19(26)13-23(4,29)16-10-17(24)12-18(25)11-16/h5-6,9-12,26,29H,7-8,13H2,1-4H3. The average Bonchev–Trinajstić information content (AvgIpc) is 3.02. The monoisotopic (exact) mass is 448 g/mol. The predicted molar refractivity (Wildman–Crippen MR) is 121 cm³/mol. The molecule has 0 spiro atoms. The van der Waals surface area contributed by atoms with Crippen molar-refractivity contribution >= 4 is 40.7 Å². The van der Waals surface area contributed by atoms with Gasteiger partial charge in [0.15, 0.2) is 0 Å². The third-order valence-electron chi connectivity index (χ3n) is 4.94. The first kappa shape index (κ1) is 22.6. The summed E-state index contributed by atoms with van der Waals surface area (Å²) in [6, 6.07) is 10.4. The maximum Gasteiger partial charge on any atom is 0.414 e. The zero-order chi connectivity index (χ0) is 22.3. The summed E-state index contributed by atoms with van der Waals surface area (Å²) in [6.07, 6.45) is 0.415. The van der Waals surface area contributed by atoms with Gasteiger partial charge < -0.3 is 15.3 Å². The molecule has 160 valence electrons. The Balaban J connectivity index is 1.78. The topological polar surface area (TPSA) is 73.6 Å². The maximum absolute atomic E-state index is 12.4. The summed E-state index contributed by atoms with van der Waals surface area (Å²) in [5.74, 6) is 0. The number of ether oxygens (including phenoxy) is 1. The number of anilines is 1. The number of carbonyl (C=O) groups is 1. The number of nitrogens with zero attached hydrogens (tertiary/aromatic N) is 1. The largest absolute Gasteiger partial charge is 0.443 e. The molecule has 0 aliphatic carbocycles. The van der Waals surface area contributed by atoms with E-state index >= 15 is 0 Å². The smallest absolute Gasteiger partial charge is 0.414 e. The van der Waals surface area contributed by atoms with Crippen LogP contribution in [0.5, 0.6) is 0 Å². The molecule has 1 amide bonds. The van der Waals surface area contributed by atoms with Crippen LogP contribution in [0.4, 0.5) is 10.5 Å². The Hall–Kier alpha value is -2.08. The lowest BCUT2D eigenvalue weighted by molar-refractivity contribution is 0.0583. The van der Waals surface area contributed by atoms with Crippen molar-refractivity contribution in [1.29, 1.82) is 5.41 Å². The molecule has 5 nitrogen and oxygen atoms in total. The van der Waals surface area contributed by atoms with Crippen LogP contribution >= 0.6 is 23.2 Å². The number of carbonyl (C=O) groups excluding carboxylic acids is 1. The fraction of sp³-hybridized carbons (Fsp3) is 0.391. The molecule has 7 heteroatoms. The highest BCUT2D eigenvalue weighted by molar-refractivity contribution is 6.34. The second-order valence-electron chi connectivity index (χ2n) is 8.81. The van der Waals surface area contributed by atoms with Crippen molar-refractivity contribution < 1.29 is 14.6 Å². The lowest BCUT2D eigenvalue weighted by Crippen LogP contribution is -2.35. The van der Waals surface area contributed by atoms with Crippen molar-refractivity contribution in [1.82, 2.24) is 0 Å². The minimum Gasteiger partial charge on any atom is -0.443 e. The normalized spacial score (nSPS) is 15.5. The number of amides is 1. The number of halogens is 2. The molecule has 30 heavy (non-hydrogen) atoms. The second-order valence-corrected chi connectivity index (χ2v) is 9.69. The highest BCUT2D eigenvalue weighted by atomic mass is 35.5. The van der Waals surface area contributed by atoms with Crippen molar-refractivity contribution in [3.63, 3.8) is 0 Å². The average molecular weight is 449 g/mol. The van der Waals surface area contributed by atoms with E-state index in [1.165, 1.54) is 0 Å². The second kappa shape index (κ2) is 8.22. The predicted octanol–water partition coefficient (Wildman–Crippen LogP) is 5.96. The Kier molecular flexibility index (Phi) is 6.19. The van der Waals surface area contributed by atoms with Gasteiger partial charge in [0.1, 0.15) is 5.60 Å². The lowest BCUT2D eigenvalue weighted by atomic mass is 9.88. The number of aliphatic hydroxyl groups is 1. The number of benzene rings is 2. The van der Waals surface area contributed by atoms with Crippen molar-refractivity contribution in [3.8, 4) is 0 Å². The molecule has 1 unspecified atom stereocenters. The van der Waals surface area contributed by atoms with Crippen molar-refractivity contribution in [2.75, 3.05) is 11.4 Å². The molecule has 2 N–H and O–H groups in total. The molecule has 0 saturated heterocycles. The minimum atomic E-state index is -1.30. The molecule has 2 aromatic carbocycles. The summed E-state index contributed by atoms with van der Waals surface area (Å²) in [5, 5.41) is 20.4. The van der Waals surface area contributed by atoms with Gasteiger partial charge in [-0.2, -0.15) is 0 Å². The third kappa shape index (κ3) is 5.15. The highest BCUT2D eigenvalue weighted by Crippen LogP contribution is 2.33. The molecule has 1 heterocycles. The third-order valence-corrected chi connectivity index (χ3v) is 5.38. The van der Waals surface area contributed by atoms with Gasteiger partial charge in [0.2, 0.25) is 0 Å². The van der Waals surface area contributed by atoms with Crippen molar-refractivity contribution in [3.05, 3.63) is 63.1 Å². The molecule has 0 bridgehead atoms. The van der Waals surface area contributed by atoms with E-state index in [1.807, 2.05) is 32.9 Å². The van der Waals surface area contributed by atoms with E-state index < -0.39 is 11.2 Å².